The summed E-state index contributed by atoms with van der Waals surface area (Å²) in [4.78, 5) is 20.3. The van der Waals surface area contributed by atoms with Crippen molar-refractivity contribution in [3.8, 4) is 0 Å². The Morgan fingerprint density at radius 2 is 1.69 bits per heavy atom. The average Bonchev–Trinajstić information content (AvgIpc) is 3.00. The molecule has 2 N–H and O–H groups in total. The highest BCUT2D eigenvalue weighted by molar-refractivity contribution is 8.00. The van der Waals surface area contributed by atoms with Crippen LogP contribution in [0.25, 0.3) is 0 Å². The van der Waals surface area contributed by atoms with Crippen molar-refractivity contribution < 1.29 is 4.79 Å². The van der Waals surface area contributed by atoms with Gasteiger partial charge >= 0.3 is 0 Å². The average molecular weight is 366 g/mol. The summed E-state index contributed by atoms with van der Waals surface area (Å²) < 4.78 is 0. The molecule has 5 heteroatoms. The number of benzene rings is 2. The summed E-state index contributed by atoms with van der Waals surface area (Å²) in [5.41, 5.74) is 4.40. The number of H-pyrrole nitrogens is 1. The van der Waals surface area contributed by atoms with E-state index in [-0.39, 0.29) is 11.2 Å². The highest BCUT2D eigenvalue weighted by Crippen LogP contribution is 2.23. The van der Waals surface area contributed by atoms with Gasteiger partial charge in [-0.05, 0) is 25.0 Å². The number of hydrogen-bond donors (Lipinski definition) is 2. The predicted octanol–water partition coefficient (Wildman–Crippen LogP) is 4.11. The first-order valence-corrected chi connectivity index (χ1v) is 9.57. The van der Waals surface area contributed by atoms with Gasteiger partial charge in [0.15, 0.2) is 5.16 Å². The number of hydrogen-bond acceptors (Lipinski definition) is 3. The minimum atomic E-state index is -0.214. The Bertz CT molecular complexity index is 846. The number of carbonyl (C=O) groups excluding carboxylic acids is 1. The van der Waals surface area contributed by atoms with Gasteiger partial charge in [-0.1, -0.05) is 72.4 Å². The fourth-order valence-corrected chi connectivity index (χ4v) is 3.53. The Morgan fingerprint density at radius 3 is 2.35 bits per heavy atom. The Balaban J connectivity index is 1.56. The molecule has 3 aromatic rings. The number of aromatic amines is 1. The van der Waals surface area contributed by atoms with E-state index in [1.54, 1.807) is 0 Å². The van der Waals surface area contributed by atoms with Crippen LogP contribution in [-0.4, -0.2) is 21.1 Å². The number of amides is 1. The Labute approximate surface area is 158 Å². The van der Waals surface area contributed by atoms with E-state index in [1.165, 1.54) is 17.3 Å². The van der Waals surface area contributed by atoms with Crippen LogP contribution in [0.5, 0.6) is 0 Å². The van der Waals surface area contributed by atoms with Crippen molar-refractivity contribution in [2.45, 2.75) is 37.2 Å². The van der Waals surface area contributed by atoms with Crippen LogP contribution in [-0.2, 0) is 17.8 Å². The quantitative estimate of drug-likeness (QED) is 0.620. The molecule has 1 atom stereocenters. The number of nitrogens with one attached hydrogen (secondary N) is 2. The molecule has 2 aromatic carbocycles. The van der Waals surface area contributed by atoms with Gasteiger partial charge in [-0.25, -0.2) is 4.98 Å². The van der Waals surface area contributed by atoms with E-state index in [1.807, 2.05) is 62.4 Å². The van der Waals surface area contributed by atoms with Crippen molar-refractivity contribution in [2.75, 3.05) is 0 Å². The van der Waals surface area contributed by atoms with E-state index in [9.17, 15) is 4.79 Å². The second kappa shape index (κ2) is 8.72. The van der Waals surface area contributed by atoms with Crippen molar-refractivity contribution in [1.82, 2.24) is 15.3 Å². The number of aryl methyl sites for hydroxylation is 1. The van der Waals surface area contributed by atoms with E-state index in [0.29, 0.717) is 6.54 Å². The van der Waals surface area contributed by atoms with Gasteiger partial charge in [0.25, 0.3) is 0 Å². The van der Waals surface area contributed by atoms with Crippen LogP contribution < -0.4 is 5.32 Å². The first kappa shape index (κ1) is 18.3. The third-order valence-corrected chi connectivity index (χ3v) is 5.13. The van der Waals surface area contributed by atoms with Crippen molar-refractivity contribution >= 4 is 17.7 Å². The first-order valence-electron chi connectivity index (χ1n) is 8.69. The molecule has 0 fully saturated rings. The van der Waals surface area contributed by atoms with Crippen LogP contribution in [0.2, 0.25) is 0 Å². The van der Waals surface area contributed by atoms with Gasteiger partial charge in [-0.15, -0.1) is 0 Å². The normalized spacial score (nSPS) is 11.9. The molecule has 1 amide bonds. The number of imidazole rings is 1. The topological polar surface area (TPSA) is 57.8 Å². The molecule has 0 saturated heterocycles. The van der Waals surface area contributed by atoms with Crippen LogP contribution in [0.3, 0.4) is 0 Å². The van der Waals surface area contributed by atoms with Gasteiger partial charge < -0.3 is 10.3 Å². The fraction of sp³-hybridized carbons (Fsp3) is 0.238. The minimum absolute atomic E-state index is 0.0116. The molecule has 3 rings (SSSR count). The van der Waals surface area contributed by atoms with Gasteiger partial charge in [0.05, 0.1) is 10.9 Å². The van der Waals surface area contributed by atoms with Gasteiger partial charge in [0.2, 0.25) is 5.91 Å². The summed E-state index contributed by atoms with van der Waals surface area (Å²) in [6.45, 7) is 4.47. The van der Waals surface area contributed by atoms with E-state index in [2.05, 4.69) is 27.4 Å². The van der Waals surface area contributed by atoms with Crippen molar-refractivity contribution in [2.24, 2.45) is 0 Å². The molecule has 26 heavy (non-hydrogen) atoms. The maximum Gasteiger partial charge on any atom is 0.233 e. The number of carbonyl (C=O) groups is 1. The molecule has 0 aliphatic heterocycles. The van der Waals surface area contributed by atoms with Gasteiger partial charge in [-0.2, -0.15) is 0 Å². The zero-order valence-electron chi connectivity index (χ0n) is 15.0. The lowest BCUT2D eigenvalue weighted by atomic mass is 10.1. The molecule has 0 unspecified atom stereocenters. The fourth-order valence-electron chi connectivity index (χ4n) is 2.63. The van der Waals surface area contributed by atoms with E-state index in [0.717, 1.165) is 28.5 Å². The Kier molecular flexibility index (Phi) is 6.12. The molecule has 0 spiro atoms. The zero-order valence-corrected chi connectivity index (χ0v) is 15.8. The predicted molar refractivity (Wildman–Crippen MR) is 106 cm³/mol. The molecule has 0 bridgehead atoms. The minimum Gasteiger partial charge on any atom is -0.351 e. The molecule has 134 valence electrons. The van der Waals surface area contributed by atoms with Crippen molar-refractivity contribution in [3.63, 3.8) is 0 Å². The summed E-state index contributed by atoms with van der Waals surface area (Å²) in [5, 5.41) is 3.55. The van der Waals surface area contributed by atoms with Crippen LogP contribution in [0.4, 0.5) is 0 Å². The van der Waals surface area contributed by atoms with E-state index in [4.69, 9.17) is 0 Å². The standard InChI is InChI=1S/C21H23N3OS/c1-15-19(13-17-9-5-3-6-10-17)24-21(23-15)26-16(2)20(25)22-14-18-11-7-4-8-12-18/h3-12,16H,13-14H2,1-2H3,(H,22,25)(H,23,24)/t16-/m0/s1. The maximum atomic E-state index is 12.3. The van der Waals surface area contributed by atoms with Crippen LogP contribution >= 0.6 is 11.8 Å². The SMILES string of the molecule is Cc1[nH]c(S[C@@H](C)C(=O)NCc2ccccc2)nc1Cc1ccccc1. The maximum absolute atomic E-state index is 12.3. The lowest BCUT2D eigenvalue weighted by molar-refractivity contribution is -0.120. The monoisotopic (exact) mass is 365 g/mol. The summed E-state index contributed by atoms with van der Waals surface area (Å²) in [6, 6.07) is 20.2. The molecule has 0 aliphatic rings. The van der Waals surface area contributed by atoms with Crippen molar-refractivity contribution in [1.29, 1.82) is 0 Å². The highest BCUT2D eigenvalue weighted by atomic mass is 32.2. The molecule has 0 aliphatic carbocycles. The lowest BCUT2D eigenvalue weighted by Crippen LogP contribution is -2.30. The molecular weight excluding hydrogens is 342 g/mol. The van der Waals surface area contributed by atoms with Crippen LogP contribution in [0, 0.1) is 6.92 Å². The number of thioether (sulfide) groups is 1. The summed E-state index contributed by atoms with van der Waals surface area (Å²) >= 11 is 1.45. The number of aromatic nitrogens is 2. The third kappa shape index (κ3) is 4.99. The van der Waals surface area contributed by atoms with Gasteiger partial charge in [-0.3, -0.25) is 4.79 Å². The van der Waals surface area contributed by atoms with Crippen LogP contribution in [0.15, 0.2) is 65.8 Å². The smallest absolute Gasteiger partial charge is 0.233 e. The summed E-state index contributed by atoms with van der Waals surface area (Å²) in [6.07, 6.45) is 0.790. The summed E-state index contributed by atoms with van der Waals surface area (Å²) in [5.74, 6) is 0.0116. The molecule has 0 radical (unpaired) electrons. The highest BCUT2D eigenvalue weighted by Gasteiger charge is 2.17. The lowest BCUT2D eigenvalue weighted by Gasteiger charge is -2.10. The van der Waals surface area contributed by atoms with Crippen molar-refractivity contribution in [3.05, 3.63) is 83.2 Å². The van der Waals surface area contributed by atoms with Gasteiger partial charge in [0, 0.05) is 18.7 Å². The van der Waals surface area contributed by atoms with Gasteiger partial charge in [0.1, 0.15) is 0 Å². The van der Waals surface area contributed by atoms with E-state index >= 15 is 0 Å². The molecule has 1 heterocycles. The Hall–Kier alpha value is -2.53. The number of rotatable bonds is 7. The molecular formula is C21H23N3OS. The molecule has 0 saturated carbocycles. The zero-order chi connectivity index (χ0) is 18.4. The molecule has 4 nitrogen and oxygen atoms in total. The number of nitrogens with zero attached hydrogens (tertiary/aromatic N) is 1. The Morgan fingerprint density at radius 1 is 1.08 bits per heavy atom. The third-order valence-electron chi connectivity index (χ3n) is 4.15. The first-order chi connectivity index (χ1) is 12.6. The largest absolute Gasteiger partial charge is 0.351 e. The summed E-state index contributed by atoms with van der Waals surface area (Å²) in [7, 11) is 0. The van der Waals surface area contributed by atoms with Crippen LogP contribution in [0.1, 0.15) is 29.4 Å². The molecule has 1 aromatic heterocycles. The van der Waals surface area contributed by atoms with E-state index < -0.39 is 0 Å². The second-order valence-electron chi connectivity index (χ2n) is 6.24. The second-order valence-corrected chi connectivity index (χ2v) is 7.57.